The molecule has 1 heterocycles. The van der Waals surface area contributed by atoms with E-state index < -0.39 is 12.8 Å². The molecule has 0 aromatic heterocycles. The molecule has 2 rings (SSSR count). The highest BCUT2D eigenvalue weighted by Gasteiger charge is 2.28. The molecule has 2 amide bonds. The van der Waals surface area contributed by atoms with E-state index in [1.807, 2.05) is 17.0 Å². The van der Waals surface area contributed by atoms with Crippen LogP contribution in [0.5, 0.6) is 5.75 Å². The molecule has 0 radical (unpaired) electrons. The summed E-state index contributed by atoms with van der Waals surface area (Å²) in [6, 6.07) is 7.31. The topological polar surface area (TPSA) is 36.0 Å². The molecule has 0 N–H and O–H groups in total. The quantitative estimate of drug-likeness (QED) is 0.557. The van der Waals surface area contributed by atoms with Gasteiger partial charge in [0, 0.05) is 39.8 Å². The number of carbonyl (C=O) groups excluding carboxylic acids is 1. The van der Waals surface area contributed by atoms with Crippen LogP contribution in [0.4, 0.5) is 18.0 Å². The maximum atomic E-state index is 12.3. The number of halogens is 3. The molecule has 8 heteroatoms. The molecule has 31 heavy (non-hydrogen) atoms. The van der Waals surface area contributed by atoms with Crippen molar-refractivity contribution in [3.63, 3.8) is 0 Å². The zero-order valence-corrected chi connectivity index (χ0v) is 19.1. The van der Waals surface area contributed by atoms with E-state index in [0.717, 1.165) is 57.4 Å². The number of likely N-dealkylation sites (tertiary alicyclic amines) is 1. The molecule has 0 saturated carbocycles. The maximum absolute atomic E-state index is 12.3. The Morgan fingerprint density at radius 2 is 1.81 bits per heavy atom. The smallest absolute Gasteiger partial charge is 0.422 e. The fraction of sp³-hybridized carbons (Fsp3) is 0.696. The van der Waals surface area contributed by atoms with Crippen molar-refractivity contribution >= 4 is 6.03 Å². The van der Waals surface area contributed by atoms with Crippen LogP contribution in [0.15, 0.2) is 24.3 Å². The molecule has 1 aromatic carbocycles. The standard InChI is InChI=1S/C23H36F3N3O2/c1-5-12-29(16-20-10-13-28(14-11-20)22(30)27(3)4)18(2)15-19-6-8-21(9-7-19)31-17-23(24,25)26/h6-9,18,20H,5,10-17H2,1-4H3. The first-order valence-corrected chi connectivity index (χ1v) is 11.1. The molecular weight excluding hydrogens is 407 g/mol. The van der Waals surface area contributed by atoms with Crippen LogP contribution in [-0.4, -0.2) is 79.8 Å². The molecule has 1 atom stereocenters. The van der Waals surface area contributed by atoms with Gasteiger partial charge in [0.05, 0.1) is 0 Å². The zero-order valence-electron chi connectivity index (χ0n) is 19.1. The van der Waals surface area contributed by atoms with Gasteiger partial charge in [-0.05, 0) is 62.8 Å². The summed E-state index contributed by atoms with van der Waals surface area (Å²) < 4.78 is 41.7. The van der Waals surface area contributed by atoms with Gasteiger partial charge in [-0.25, -0.2) is 4.79 Å². The highest BCUT2D eigenvalue weighted by Crippen LogP contribution is 2.23. The van der Waals surface area contributed by atoms with Gasteiger partial charge in [-0.3, -0.25) is 0 Å². The van der Waals surface area contributed by atoms with E-state index in [2.05, 4.69) is 18.7 Å². The number of hydrogen-bond acceptors (Lipinski definition) is 3. The molecule has 1 saturated heterocycles. The van der Waals surface area contributed by atoms with Gasteiger partial charge in [-0.15, -0.1) is 0 Å². The van der Waals surface area contributed by atoms with Gasteiger partial charge in [0.25, 0.3) is 0 Å². The molecular formula is C23H36F3N3O2. The average Bonchev–Trinajstić information content (AvgIpc) is 2.72. The Bertz CT molecular complexity index is 672. The minimum Gasteiger partial charge on any atom is -0.484 e. The van der Waals surface area contributed by atoms with Crippen LogP contribution in [0.25, 0.3) is 0 Å². The average molecular weight is 444 g/mol. The number of ether oxygens (including phenoxy) is 1. The number of nitrogens with zero attached hydrogens (tertiary/aromatic N) is 3. The number of rotatable bonds is 9. The van der Waals surface area contributed by atoms with Crippen molar-refractivity contribution in [3.8, 4) is 5.75 Å². The molecule has 0 bridgehead atoms. The summed E-state index contributed by atoms with van der Waals surface area (Å²) in [4.78, 5) is 18.2. The third kappa shape index (κ3) is 8.59. The lowest BCUT2D eigenvalue weighted by Crippen LogP contribution is -2.46. The molecule has 0 aliphatic carbocycles. The summed E-state index contributed by atoms with van der Waals surface area (Å²) in [5, 5.41) is 0. The van der Waals surface area contributed by atoms with Gasteiger partial charge in [-0.1, -0.05) is 19.1 Å². The summed E-state index contributed by atoms with van der Waals surface area (Å²) in [6.07, 6.45) is -0.413. The monoisotopic (exact) mass is 443 g/mol. The summed E-state index contributed by atoms with van der Waals surface area (Å²) in [5.74, 6) is 0.802. The van der Waals surface area contributed by atoms with Crippen LogP contribution in [0.3, 0.4) is 0 Å². The lowest BCUT2D eigenvalue weighted by molar-refractivity contribution is -0.153. The Kier molecular flexibility index (Phi) is 9.47. The lowest BCUT2D eigenvalue weighted by Gasteiger charge is -2.37. The van der Waals surface area contributed by atoms with Crippen LogP contribution >= 0.6 is 0 Å². The second kappa shape index (κ2) is 11.6. The molecule has 0 spiro atoms. The van der Waals surface area contributed by atoms with Crippen molar-refractivity contribution in [1.29, 1.82) is 0 Å². The third-order valence-electron chi connectivity index (χ3n) is 5.75. The first-order valence-electron chi connectivity index (χ1n) is 11.1. The van der Waals surface area contributed by atoms with E-state index in [-0.39, 0.29) is 11.8 Å². The Balaban J connectivity index is 1.86. The van der Waals surface area contributed by atoms with Crippen LogP contribution in [0.1, 0.15) is 38.7 Å². The van der Waals surface area contributed by atoms with Crippen molar-refractivity contribution < 1.29 is 22.7 Å². The van der Waals surface area contributed by atoms with Crippen LogP contribution in [0.2, 0.25) is 0 Å². The molecule has 1 fully saturated rings. The molecule has 1 aliphatic heterocycles. The third-order valence-corrected chi connectivity index (χ3v) is 5.75. The van der Waals surface area contributed by atoms with Gasteiger partial charge < -0.3 is 19.4 Å². The Labute approximate surface area is 184 Å². The second-order valence-electron chi connectivity index (χ2n) is 8.70. The summed E-state index contributed by atoms with van der Waals surface area (Å²) in [6.45, 7) is 6.71. The molecule has 5 nitrogen and oxygen atoms in total. The van der Waals surface area contributed by atoms with E-state index in [1.165, 1.54) is 0 Å². The summed E-state index contributed by atoms with van der Waals surface area (Å²) in [5.41, 5.74) is 1.08. The number of benzene rings is 1. The van der Waals surface area contributed by atoms with Crippen molar-refractivity contribution in [2.75, 3.05) is 46.9 Å². The van der Waals surface area contributed by atoms with Crippen molar-refractivity contribution in [2.24, 2.45) is 5.92 Å². The fourth-order valence-corrected chi connectivity index (χ4v) is 4.06. The van der Waals surface area contributed by atoms with Crippen molar-refractivity contribution in [1.82, 2.24) is 14.7 Å². The number of piperidine rings is 1. The number of amides is 2. The molecule has 1 aliphatic rings. The van der Waals surface area contributed by atoms with Crippen LogP contribution in [-0.2, 0) is 6.42 Å². The predicted molar refractivity (Wildman–Crippen MR) is 116 cm³/mol. The first kappa shape index (κ1) is 25.3. The molecule has 176 valence electrons. The van der Waals surface area contributed by atoms with E-state index in [0.29, 0.717) is 12.0 Å². The van der Waals surface area contributed by atoms with E-state index in [1.54, 1.807) is 31.1 Å². The Morgan fingerprint density at radius 1 is 1.19 bits per heavy atom. The van der Waals surface area contributed by atoms with E-state index >= 15 is 0 Å². The highest BCUT2D eigenvalue weighted by atomic mass is 19.4. The van der Waals surface area contributed by atoms with Gasteiger partial charge in [0.1, 0.15) is 5.75 Å². The first-order chi connectivity index (χ1) is 14.6. The largest absolute Gasteiger partial charge is 0.484 e. The Morgan fingerprint density at radius 3 is 2.32 bits per heavy atom. The highest BCUT2D eigenvalue weighted by molar-refractivity contribution is 5.73. The lowest BCUT2D eigenvalue weighted by atomic mass is 9.95. The number of alkyl halides is 3. The van der Waals surface area contributed by atoms with Gasteiger partial charge in [0.2, 0.25) is 0 Å². The minimum absolute atomic E-state index is 0.0832. The van der Waals surface area contributed by atoms with E-state index in [9.17, 15) is 18.0 Å². The van der Waals surface area contributed by atoms with Gasteiger partial charge in [-0.2, -0.15) is 13.2 Å². The van der Waals surface area contributed by atoms with Gasteiger partial charge >= 0.3 is 12.2 Å². The van der Waals surface area contributed by atoms with Crippen molar-refractivity contribution in [3.05, 3.63) is 29.8 Å². The molecule has 1 aromatic rings. The number of carbonyl (C=O) groups is 1. The van der Waals surface area contributed by atoms with E-state index in [4.69, 9.17) is 4.74 Å². The minimum atomic E-state index is -4.33. The number of urea groups is 1. The SMILES string of the molecule is CCCN(CC1CCN(C(=O)N(C)C)CC1)C(C)Cc1ccc(OCC(F)(F)F)cc1. The van der Waals surface area contributed by atoms with Crippen LogP contribution < -0.4 is 4.74 Å². The summed E-state index contributed by atoms with van der Waals surface area (Å²) >= 11 is 0. The predicted octanol–water partition coefficient (Wildman–Crippen LogP) is 4.66. The fourth-order valence-electron chi connectivity index (χ4n) is 4.06. The Hall–Kier alpha value is -1.96. The zero-order chi connectivity index (χ0) is 23.0. The molecule has 1 unspecified atom stereocenters. The van der Waals surface area contributed by atoms with Gasteiger partial charge in [0.15, 0.2) is 6.61 Å². The second-order valence-corrected chi connectivity index (χ2v) is 8.70. The maximum Gasteiger partial charge on any atom is 0.422 e. The van der Waals surface area contributed by atoms with Crippen molar-refractivity contribution in [2.45, 2.75) is 51.7 Å². The summed E-state index contributed by atoms with van der Waals surface area (Å²) in [7, 11) is 3.57. The van der Waals surface area contributed by atoms with Crippen LogP contribution in [0, 0.1) is 5.92 Å². The number of hydrogen-bond donors (Lipinski definition) is 0. The normalized spacial score (nSPS) is 16.5.